The Morgan fingerprint density at radius 1 is 1.33 bits per heavy atom. The number of carbonyl (C=O) groups is 2. The van der Waals surface area contributed by atoms with Gasteiger partial charge < -0.3 is 9.64 Å². The van der Waals surface area contributed by atoms with Gasteiger partial charge >= 0.3 is 5.97 Å². The minimum atomic E-state index is -0.399. The van der Waals surface area contributed by atoms with Crippen LogP contribution in [0, 0.1) is 6.92 Å². The monoisotopic (exact) mass is 249 g/mol. The number of benzene rings is 1. The van der Waals surface area contributed by atoms with Gasteiger partial charge in [-0.15, -0.1) is 0 Å². The molecule has 1 amide bonds. The predicted octanol–water partition coefficient (Wildman–Crippen LogP) is 2.02. The molecule has 0 radical (unpaired) electrons. The highest BCUT2D eigenvalue weighted by atomic mass is 16.5. The molecule has 0 aliphatic heterocycles. The van der Waals surface area contributed by atoms with Crippen LogP contribution in [0.25, 0.3) is 0 Å². The number of hydrogen-bond donors (Lipinski definition) is 0. The van der Waals surface area contributed by atoms with Crippen molar-refractivity contribution in [2.75, 3.05) is 20.2 Å². The van der Waals surface area contributed by atoms with Gasteiger partial charge in [0.1, 0.15) is 6.54 Å². The van der Waals surface area contributed by atoms with E-state index in [-0.39, 0.29) is 12.5 Å². The molecule has 0 saturated heterocycles. The Morgan fingerprint density at radius 2 is 2.06 bits per heavy atom. The lowest BCUT2D eigenvalue weighted by molar-refractivity contribution is -0.141. The molecule has 4 heteroatoms. The van der Waals surface area contributed by atoms with Crippen LogP contribution in [0.2, 0.25) is 0 Å². The molecular weight excluding hydrogens is 230 g/mol. The summed E-state index contributed by atoms with van der Waals surface area (Å²) in [4.78, 5) is 25.1. The van der Waals surface area contributed by atoms with E-state index in [2.05, 4.69) is 4.74 Å². The van der Waals surface area contributed by atoms with Gasteiger partial charge in [-0.1, -0.05) is 24.6 Å². The van der Waals surface area contributed by atoms with Crippen molar-refractivity contribution in [3.63, 3.8) is 0 Å². The standard InChI is InChI=1S/C14H19NO3/c1-4-8-15(10-13(16)18-3)14(17)12-7-5-6-11(2)9-12/h5-7,9H,4,8,10H2,1-3H3. The SMILES string of the molecule is CCCN(CC(=O)OC)C(=O)c1cccc(C)c1. The van der Waals surface area contributed by atoms with E-state index < -0.39 is 5.97 Å². The summed E-state index contributed by atoms with van der Waals surface area (Å²) in [5, 5.41) is 0. The minimum absolute atomic E-state index is 0.00286. The maximum Gasteiger partial charge on any atom is 0.325 e. The van der Waals surface area contributed by atoms with Crippen molar-refractivity contribution in [2.45, 2.75) is 20.3 Å². The van der Waals surface area contributed by atoms with E-state index >= 15 is 0 Å². The molecule has 98 valence electrons. The molecule has 4 nitrogen and oxygen atoms in total. The largest absolute Gasteiger partial charge is 0.468 e. The van der Waals surface area contributed by atoms with Gasteiger partial charge in [-0.25, -0.2) is 0 Å². The topological polar surface area (TPSA) is 46.6 Å². The molecule has 0 aliphatic carbocycles. The molecule has 0 aromatic heterocycles. The summed E-state index contributed by atoms with van der Waals surface area (Å²) in [6, 6.07) is 7.35. The first-order valence-corrected chi connectivity index (χ1v) is 6.01. The first kappa shape index (κ1) is 14.2. The van der Waals surface area contributed by atoms with E-state index in [4.69, 9.17) is 0 Å². The summed E-state index contributed by atoms with van der Waals surface area (Å²) in [5.74, 6) is -0.532. The van der Waals surface area contributed by atoms with Crippen LogP contribution in [0.15, 0.2) is 24.3 Å². The molecule has 0 atom stereocenters. The first-order valence-electron chi connectivity index (χ1n) is 6.01. The summed E-state index contributed by atoms with van der Waals surface area (Å²) in [6.45, 7) is 4.44. The fraction of sp³-hybridized carbons (Fsp3) is 0.429. The predicted molar refractivity (Wildman–Crippen MR) is 69.4 cm³/mol. The van der Waals surface area contributed by atoms with Gasteiger partial charge in [0, 0.05) is 12.1 Å². The number of carbonyl (C=O) groups excluding carboxylic acids is 2. The number of nitrogens with zero attached hydrogens (tertiary/aromatic N) is 1. The average Bonchev–Trinajstić information content (AvgIpc) is 2.37. The molecule has 1 aromatic carbocycles. The zero-order chi connectivity index (χ0) is 13.5. The van der Waals surface area contributed by atoms with Gasteiger partial charge in [0.2, 0.25) is 0 Å². The van der Waals surface area contributed by atoms with Crippen molar-refractivity contribution in [3.05, 3.63) is 35.4 Å². The molecule has 18 heavy (non-hydrogen) atoms. The summed E-state index contributed by atoms with van der Waals surface area (Å²) in [5.41, 5.74) is 1.63. The van der Waals surface area contributed by atoms with Crippen molar-refractivity contribution in [1.82, 2.24) is 4.90 Å². The second kappa shape index (κ2) is 6.79. The van der Waals surface area contributed by atoms with Crippen LogP contribution in [-0.2, 0) is 9.53 Å². The molecule has 0 aliphatic rings. The Balaban J connectivity index is 2.85. The lowest BCUT2D eigenvalue weighted by atomic mass is 10.1. The van der Waals surface area contributed by atoms with Gasteiger partial charge in [-0.05, 0) is 25.5 Å². The smallest absolute Gasteiger partial charge is 0.325 e. The van der Waals surface area contributed by atoms with Gasteiger partial charge in [0.15, 0.2) is 0 Å². The second-order valence-corrected chi connectivity index (χ2v) is 4.17. The van der Waals surface area contributed by atoms with Crippen LogP contribution in [0.3, 0.4) is 0 Å². The molecule has 0 saturated carbocycles. The minimum Gasteiger partial charge on any atom is -0.468 e. The van der Waals surface area contributed by atoms with Gasteiger partial charge in [0.05, 0.1) is 7.11 Å². The molecule has 0 spiro atoms. The average molecular weight is 249 g/mol. The van der Waals surface area contributed by atoms with E-state index in [0.717, 1.165) is 12.0 Å². The van der Waals surface area contributed by atoms with Crippen LogP contribution in [0.5, 0.6) is 0 Å². The van der Waals surface area contributed by atoms with Crippen LogP contribution in [0.1, 0.15) is 29.3 Å². The number of rotatable bonds is 5. The number of esters is 1. The van der Waals surface area contributed by atoms with Crippen molar-refractivity contribution in [1.29, 1.82) is 0 Å². The van der Waals surface area contributed by atoms with E-state index in [9.17, 15) is 9.59 Å². The van der Waals surface area contributed by atoms with E-state index in [1.165, 1.54) is 12.0 Å². The Hall–Kier alpha value is -1.84. The Morgan fingerprint density at radius 3 is 2.61 bits per heavy atom. The van der Waals surface area contributed by atoms with Crippen molar-refractivity contribution < 1.29 is 14.3 Å². The van der Waals surface area contributed by atoms with E-state index in [0.29, 0.717) is 12.1 Å². The maximum absolute atomic E-state index is 12.3. The molecular formula is C14H19NO3. The highest BCUT2D eigenvalue weighted by molar-refractivity contribution is 5.96. The summed E-state index contributed by atoms with van der Waals surface area (Å²) >= 11 is 0. The third kappa shape index (κ3) is 3.87. The number of ether oxygens (including phenoxy) is 1. The number of aryl methyl sites for hydroxylation is 1. The zero-order valence-electron chi connectivity index (χ0n) is 11.1. The molecule has 0 heterocycles. The molecule has 0 fully saturated rings. The molecule has 1 rings (SSSR count). The lowest BCUT2D eigenvalue weighted by Gasteiger charge is -2.20. The molecule has 0 bridgehead atoms. The summed E-state index contributed by atoms with van der Waals surface area (Å²) in [6.07, 6.45) is 0.800. The van der Waals surface area contributed by atoms with Crippen molar-refractivity contribution >= 4 is 11.9 Å². The maximum atomic E-state index is 12.3. The van der Waals surface area contributed by atoms with Gasteiger partial charge in [-0.3, -0.25) is 9.59 Å². The third-order valence-electron chi connectivity index (χ3n) is 2.59. The highest BCUT2D eigenvalue weighted by Crippen LogP contribution is 2.08. The fourth-order valence-electron chi connectivity index (χ4n) is 1.70. The number of hydrogen-bond acceptors (Lipinski definition) is 3. The van der Waals surface area contributed by atoms with Crippen LogP contribution >= 0.6 is 0 Å². The summed E-state index contributed by atoms with van der Waals surface area (Å²) in [7, 11) is 1.32. The zero-order valence-corrected chi connectivity index (χ0v) is 11.1. The fourth-order valence-corrected chi connectivity index (χ4v) is 1.70. The second-order valence-electron chi connectivity index (χ2n) is 4.17. The Bertz CT molecular complexity index is 429. The van der Waals surface area contributed by atoms with E-state index in [1.54, 1.807) is 6.07 Å². The van der Waals surface area contributed by atoms with E-state index in [1.807, 2.05) is 32.0 Å². The normalized spacial score (nSPS) is 9.94. The van der Waals surface area contributed by atoms with Crippen molar-refractivity contribution in [3.8, 4) is 0 Å². The van der Waals surface area contributed by atoms with Crippen molar-refractivity contribution in [2.24, 2.45) is 0 Å². The first-order chi connectivity index (χ1) is 8.58. The molecule has 0 unspecified atom stereocenters. The number of methoxy groups -OCH3 is 1. The highest BCUT2D eigenvalue weighted by Gasteiger charge is 2.18. The van der Waals surface area contributed by atoms with Gasteiger partial charge in [-0.2, -0.15) is 0 Å². The van der Waals surface area contributed by atoms with Crippen LogP contribution in [-0.4, -0.2) is 37.0 Å². The quantitative estimate of drug-likeness (QED) is 0.750. The van der Waals surface area contributed by atoms with Gasteiger partial charge in [0.25, 0.3) is 5.91 Å². The lowest BCUT2D eigenvalue weighted by Crippen LogP contribution is -2.36. The Kier molecular flexibility index (Phi) is 5.36. The Labute approximate surface area is 108 Å². The van der Waals surface area contributed by atoms with Crippen LogP contribution in [0.4, 0.5) is 0 Å². The third-order valence-corrected chi connectivity index (χ3v) is 2.59. The molecule has 1 aromatic rings. The molecule has 0 N–H and O–H groups in total. The number of amides is 1. The van der Waals surface area contributed by atoms with Crippen LogP contribution < -0.4 is 0 Å². The summed E-state index contributed by atoms with van der Waals surface area (Å²) < 4.78 is 4.60.